The lowest BCUT2D eigenvalue weighted by Crippen LogP contribution is -2.22. The van der Waals surface area contributed by atoms with E-state index >= 15 is 0 Å². The minimum absolute atomic E-state index is 0.102. The molecule has 2 N–H and O–H groups in total. The normalized spacial score (nSPS) is 11.6. The van der Waals surface area contributed by atoms with Crippen LogP contribution in [0.15, 0.2) is 72.8 Å². The molecule has 3 rings (SSSR count). The number of benzene rings is 3. The van der Waals surface area contributed by atoms with Gasteiger partial charge >= 0.3 is 0 Å². The predicted octanol–water partition coefficient (Wildman–Crippen LogP) is 4.87. The number of anilines is 1. The van der Waals surface area contributed by atoms with E-state index < -0.39 is 0 Å². The van der Waals surface area contributed by atoms with E-state index in [4.69, 9.17) is 9.47 Å². The fourth-order valence-corrected chi connectivity index (χ4v) is 3.12. The van der Waals surface area contributed by atoms with Gasteiger partial charge in [0.15, 0.2) is 18.1 Å². The fraction of sp³-hybridized carbons (Fsp3) is 0.240. The molecule has 5 heteroatoms. The molecule has 1 unspecified atom stereocenters. The van der Waals surface area contributed by atoms with Crippen LogP contribution in [0.1, 0.15) is 29.7 Å². The van der Waals surface area contributed by atoms with E-state index in [1.807, 2.05) is 67.6 Å². The first-order valence-electron chi connectivity index (χ1n) is 10.0. The van der Waals surface area contributed by atoms with Crippen LogP contribution in [0.3, 0.4) is 0 Å². The number of para-hydroxylation sites is 1. The Bertz CT molecular complexity index is 956. The largest absolute Gasteiger partial charge is 0.493 e. The molecule has 1 atom stereocenters. The smallest absolute Gasteiger partial charge is 0.262 e. The van der Waals surface area contributed by atoms with E-state index in [1.54, 1.807) is 7.11 Å². The Hall–Kier alpha value is -3.31. The quantitative estimate of drug-likeness (QED) is 0.534. The van der Waals surface area contributed by atoms with Gasteiger partial charge in [-0.2, -0.15) is 0 Å². The number of aryl methyl sites for hydroxylation is 1. The molecule has 0 aliphatic rings. The first-order valence-corrected chi connectivity index (χ1v) is 10.0. The molecule has 0 aromatic heterocycles. The second-order valence-corrected chi connectivity index (χ2v) is 7.16. The predicted molar refractivity (Wildman–Crippen MR) is 120 cm³/mol. The number of carbonyl (C=O) groups is 1. The molecule has 0 radical (unpaired) electrons. The van der Waals surface area contributed by atoms with Crippen LogP contribution in [0, 0.1) is 6.92 Å². The van der Waals surface area contributed by atoms with Crippen LogP contribution in [0.4, 0.5) is 5.69 Å². The molecule has 3 aromatic carbocycles. The zero-order valence-corrected chi connectivity index (χ0v) is 17.6. The maximum Gasteiger partial charge on any atom is 0.262 e. The summed E-state index contributed by atoms with van der Waals surface area (Å²) < 4.78 is 11.3. The van der Waals surface area contributed by atoms with Crippen LogP contribution in [0.2, 0.25) is 0 Å². The van der Waals surface area contributed by atoms with Gasteiger partial charge in [0.1, 0.15) is 0 Å². The molecule has 30 heavy (non-hydrogen) atoms. The Morgan fingerprint density at radius 1 is 0.967 bits per heavy atom. The zero-order valence-electron chi connectivity index (χ0n) is 17.6. The van der Waals surface area contributed by atoms with Gasteiger partial charge in [-0.15, -0.1) is 0 Å². The molecule has 0 saturated heterocycles. The Morgan fingerprint density at radius 3 is 2.40 bits per heavy atom. The minimum Gasteiger partial charge on any atom is -0.493 e. The van der Waals surface area contributed by atoms with E-state index in [2.05, 4.69) is 29.7 Å². The fourth-order valence-electron chi connectivity index (χ4n) is 3.12. The van der Waals surface area contributed by atoms with Crippen LogP contribution >= 0.6 is 0 Å². The summed E-state index contributed by atoms with van der Waals surface area (Å²) in [6, 6.07) is 23.8. The van der Waals surface area contributed by atoms with Crippen molar-refractivity contribution in [3.63, 3.8) is 0 Å². The van der Waals surface area contributed by atoms with Gasteiger partial charge in [0.25, 0.3) is 5.91 Å². The molecule has 0 heterocycles. The third-order valence-electron chi connectivity index (χ3n) is 4.86. The maximum atomic E-state index is 12.3. The van der Waals surface area contributed by atoms with Crippen LogP contribution in [0.25, 0.3) is 0 Å². The molecule has 0 aliphatic carbocycles. The van der Waals surface area contributed by atoms with Crippen molar-refractivity contribution in [3.05, 3.63) is 89.5 Å². The molecule has 156 valence electrons. The lowest BCUT2D eigenvalue weighted by atomic mass is 10.1. The van der Waals surface area contributed by atoms with Crippen LogP contribution < -0.4 is 20.1 Å². The van der Waals surface area contributed by atoms with Gasteiger partial charge in [-0.05, 0) is 37.6 Å². The van der Waals surface area contributed by atoms with E-state index in [0.29, 0.717) is 18.0 Å². The second kappa shape index (κ2) is 10.5. The number of ether oxygens (including phenoxy) is 2. The highest BCUT2D eigenvalue weighted by Gasteiger charge is 2.14. The summed E-state index contributed by atoms with van der Waals surface area (Å²) in [5, 5.41) is 6.35. The van der Waals surface area contributed by atoms with Crippen molar-refractivity contribution in [1.29, 1.82) is 0 Å². The Balaban J connectivity index is 1.64. The Labute approximate surface area is 178 Å². The molecular weight excluding hydrogens is 376 g/mol. The summed E-state index contributed by atoms with van der Waals surface area (Å²) in [7, 11) is 1.60. The number of nitrogens with one attached hydrogen (secondary N) is 2. The van der Waals surface area contributed by atoms with Crippen molar-refractivity contribution >= 4 is 11.6 Å². The Morgan fingerprint density at radius 2 is 1.70 bits per heavy atom. The van der Waals surface area contributed by atoms with Gasteiger partial charge in [-0.1, -0.05) is 60.2 Å². The third kappa shape index (κ3) is 5.84. The van der Waals surface area contributed by atoms with Crippen molar-refractivity contribution in [2.24, 2.45) is 0 Å². The second-order valence-electron chi connectivity index (χ2n) is 7.16. The molecule has 0 fully saturated rings. The van der Waals surface area contributed by atoms with Gasteiger partial charge in [0.05, 0.1) is 7.11 Å². The molecule has 3 aromatic rings. The number of hydrogen-bond acceptors (Lipinski definition) is 4. The summed E-state index contributed by atoms with van der Waals surface area (Å²) in [5.41, 5.74) is 4.02. The first-order chi connectivity index (χ1) is 14.6. The van der Waals surface area contributed by atoms with E-state index in [-0.39, 0.29) is 18.6 Å². The molecular formula is C25H28N2O3. The zero-order chi connectivity index (χ0) is 21.3. The molecule has 1 amide bonds. The highest BCUT2D eigenvalue weighted by atomic mass is 16.5. The molecule has 0 spiro atoms. The average Bonchev–Trinajstić information content (AvgIpc) is 2.78. The molecule has 0 saturated carbocycles. The van der Waals surface area contributed by atoms with Gasteiger partial charge in [0.2, 0.25) is 0 Å². The topological polar surface area (TPSA) is 59.6 Å². The summed E-state index contributed by atoms with van der Waals surface area (Å²) in [5.74, 6) is 0.956. The SMILES string of the molecule is COc1cccc(CNC(C)c2ccccc2)c1OCC(=O)Nc1ccc(C)cc1. The van der Waals surface area contributed by atoms with Crippen LogP contribution in [0.5, 0.6) is 11.5 Å². The van der Waals surface area contributed by atoms with Crippen LogP contribution in [-0.4, -0.2) is 19.6 Å². The van der Waals surface area contributed by atoms with Crippen molar-refractivity contribution in [3.8, 4) is 11.5 Å². The maximum absolute atomic E-state index is 12.3. The Kier molecular flexibility index (Phi) is 7.46. The molecule has 0 aliphatic heterocycles. The highest BCUT2D eigenvalue weighted by molar-refractivity contribution is 5.91. The van der Waals surface area contributed by atoms with E-state index in [1.165, 1.54) is 5.56 Å². The van der Waals surface area contributed by atoms with E-state index in [9.17, 15) is 4.79 Å². The van der Waals surface area contributed by atoms with Crippen LogP contribution in [-0.2, 0) is 11.3 Å². The number of hydrogen-bond donors (Lipinski definition) is 2. The standard InChI is InChI=1S/C25H28N2O3/c1-18-12-14-22(15-13-18)27-24(28)17-30-25-21(10-7-11-23(25)29-3)16-26-19(2)20-8-5-4-6-9-20/h4-15,19,26H,16-17H2,1-3H3,(H,27,28). The van der Waals surface area contributed by atoms with Gasteiger partial charge in [0, 0.05) is 23.8 Å². The van der Waals surface area contributed by atoms with Crippen molar-refractivity contribution < 1.29 is 14.3 Å². The van der Waals surface area contributed by atoms with Gasteiger partial charge < -0.3 is 20.1 Å². The first kappa shape index (κ1) is 21.4. The third-order valence-corrected chi connectivity index (χ3v) is 4.86. The summed E-state index contributed by atoms with van der Waals surface area (Å²) >= 11 is 0. The van der Waals surface area contributed by atoms with Crippen molar-refractivity contribution in [2.75, 3.05) is 19.0 Å². The number of methoxy groups -OCH3 is 1. The van der Waals surface area contributed by atoms with Crippen molar-refractivity contribution in [1.82, 2.24) is 5.32 Å². The number of amides is 1. The summed E-state index contributed by atoms with van der Waals surface area (Å²) in [4.78, 5) is 12.3. The van der Waals surface area contributed by atoms with Gasteiger partial charge in [-0.3, -0.25) is 4.79 Å². The summed E-state index contributed by atoms with van der Waals surface area (Å²) in [6.45, 7) is 4.60. The minimum atomic E-state index is -0.221. The summed E-state index contributed by atoms with van der Waals surface area (Å²) in [6.07, 6.45) is 0. The highest BCUT2D eigenvalue weighted by Crippen LogP contribution is 2.31. The van der Waals surface area contributed by atoms with Crippen molar-refractivity contribution in [2.45, 2.75) is 26.4 Å². The molecule has 5 nitrogen and oxygen atoms in total. The monoisotopic (exact) mass is 404 g/mol. The van der Waals surface area contributed by atoms with Gasteiger partial charge in [-0.25, -0.2) is 0 Å². The number of rotatable bonds is 9. The lowest BCUT2D eigenvalue weighted by molar-refractivity contribution is -0.118. The average molecular weight is 405 g/mol. The lowest BCUT2D eigenvalue weighted by Gasteiger charge is -2.18. The van der Waals surface area contributed by atoms with E-state index in [0.717, 1.165) is 16.8 Å². The number of carbonyl (C=O) groups excluding carboxylic acids is 1. The molecule has 0 bridgehead atoms.